The van der Waals surface area contributed by atoms with Gasteiger partial charge >= 0.3 is 0 Å². The van der Waals surface area contributed by atoms with Gasteiger partial charge in [0.25, 0.3) is 0 Å². The first-order valence-corrected chi connectivity index (χ1v) is 8.23. The van der Waals surface area contributed by atoms with Gasteiger partial charge in [0, 0.05) is 46.5 Å². The molecule has 2 nitrogen and oxygen atoms in total. The summed E-state index contributed by atoms with van der Waals surface area (Å²) in [6.07, 6.45) is 2.97. The van der Waals surface area contributed by atoms with Crippen LogP contribution in [0.15, 0.2) is 11.6 Å². The average Bonchev–Trinajstić information content (AvgIpc) is 2.80. The Hall–Kier alpha value is 0.290. The van der Waals surface area contributed by atoms with E-state index in [2.05, 4.69) is 46.3 Å². The highest BCUT2D eigenvalue weighted by molar-refractivity contribution is 8.06. The van der Waals surface area contributed by atoms with Crippen molar-refractivity contribution >= 4 is 34.9 Å². The summed E-state index contributed by atoms with van der Waals surface area (Å²) in [5.74, 6) is 3.89. The molecule has 1 aliphatic heterocycles. The van der Waals surface area contributed by atoms with Crippen LogP contribution in [0.5, 0.6) is 0 Å². The Morgan fingerprint density at radius 3 is 3.13 bits per heavy atom. The lowest BCUT2D eigenvalue weighted by Crippen LogP contribution is -2.40. The SMILES string of the molecule is CNC(Cc1nccs1)C1CSCCS1. The fourth-order valence-electron chi connectivity index (χ4n) is 1.70. The van der Waals surface area contributed by atoms with E-state index < -0.39 is 0 Å². The van der Waals surface area contributed by atoms with Crippen LogP contribution in [0.3, 0.4) is 0 Å². The fraction of sp³-hybridized carbons (Fsp3) is 0.700. The van der Waals surface area contributed by atoms with Gasteiger partial charge in [0.1, 0.15) is 0 Å². The third kappa shape index (κ3) is 3.37. The third-order valence-corrected chi connectivity index (χ3v) is 6.26. The first-order chi connectivity index (χ1) is 7.40. The monoisotopic (exact) mass is 260 g/mol. The lowest BCUT2D eigenvalue weighted by Gasteiger charge is -2.28. The van der Waals surface area contributed by atoms with Gasteiger partial charge in [-0.2, -0.15) is 23.5 Å². The largest absolute Gasteiger partial charge is 0.315 e. The van der Waals surface area contributed by atoms with Crippen molar-refractivity contribution in [2.75, 3.05) is 24.3 Å². The molecule has 1 aromatic rings. The van der Waals surface area contributed by atoms with Gasteiger partial charge in [-0.3, -0.25) is 0 Å². The maximum atomic E-state index is 4.36. The molecule has 0 radical (unpaired) electrons. The number of thioether (sulfide) groups is 2. The van der Waals surface area contributed by atoms with Crippen molar-refractivity contribution in [3.05, 3.63) is 16.6 Å². The van der Waals surface area contributed by atoms with Gasteiger partial charge in [0.15, 0.2) is 0 Å². The van der Waals surface area contributed by atoms with Gasteiger partial charge in [0.2, 0.25) is 0 Å². The molecule has 1 N–H and O–H groups in total. The normalized spacial score (nSPS) is 23.9. The van der Waals surface area contributed by atoms with Crippen LogP contribution in [-0.2, 0) is 6.42 Å². The van der Waals surface area contributed by atoms with E-state index >= 15 is 0 Å². The number of nitrogens with zero attached hydrogens (tertiary/aromatic N) is 1. The second kappa shape index (κ2) is 6.13. The molecule has 1 aromatic heterocycles. The Balaban J connectivity index is 1.91. The number of hydrogen-bond donors (Lipinski definition) is 1. The van der Waals surface area contributed by atoms with Crippen molar-refractivity contribution in [2.24, 2.45) is 0 Å². The molecule has 0 aromatic carbocycles. The second-order valence-electron chi connectivity index (χ2n) is 3.51. The van der Waals surface area contributed by atoms with Crippen molar-refractivity contribution < 1.29 is 0 Å². The molecular formula is C10H16N2S3. The van der Waals surface area contributed by atoms with E-state index in [4.69, 9.17) is 0 Å². The molecule has 15 heavy (non-hydrogen) atoms. The summed E-state index contributed by atoms with van der Waals surface area (Å²) >= 11 is 5.96. The minimum atomic E-state index is 0.578. The Morgan fingerprint density at radius 2 is 2.53 bits per heavy atom. The van der Waals surface area contributed by atoms with E-state index in [0.717, 1.165) is 11.7 Å². The van der Waals surface area contributed by atoms with E-state index in [1.807, 2.05) is 6.20 Å². The Morgan fingerprint density at radius 1 is 1.60 bits per heavy atom. The zero-order valence-electron chi connectivity index (χ0n) is 8.81. The molecule has 84 valence electrons. The summed E-state index contributed by atoms with van der Waals surface area (Å²) in [5.41, 5.74) is 0. The van der Waals surface area contributed by atoms with Gasteiger partial charge in [-0.1, -0.05) is 0 Å². The fourth-order valence-corrected chi connectivity index (χ4v) is 5.30. The highest BCUT2D eigenvalue weighted by Crippen LogP contribution is 2.27. The van der Waals surface area contributed by atoms with E-state index in [0.29, 0.717) is 6.04 Å². The molecule has 2 atom stereocenters. The van der Waals surface area contributed by atoms with Crippen LogP contribution >= 0.6 is 34.9 Å². The Bertz CT molecular complexity index is 270. The van der Waals surface area contributed by atoms with E-state index in [1.54, 1.807) is 11.3 Å². The molecule has 0 aliphatic carbocycles. The average molecular weight is 260 g/mol. The summed E-state index contributed by atoms with van der Waals surface area (Å²) in [6, 6.07) is 0.578. The molecule has 1 fully saturated rings. The van der Waals surface area contributed by atoms with E-state index in [1.165, 1.54) is 22.3 Å². The lowest BCUT2D eigenvalue weighted by atomic mass is 10.1. The van der Waals surface area contributed by atoms with E-state index in [-0.39, 0.29) is 0 Å². The quantitative estimate of drug-likeness (QED) is 0.896. The van der Waals surface area contributed by atoms with E-state index in [9.17, 15) is 0 Å². The van der Waals surface area contributed by atoms with Crippen molar-refractivity contribution in [3.8, 4) is 0 Å². The minimum Gasteiger partial charge on any atom is -0.315 e. The van der Waals surface area contributed by atoms with Gasteiger partial charge in [-0.15, -0.1) is 11.3 Å². The van der Waals surface area contributed by atoms with Gasteiger partial charge in [0.05, 0.1) is 5.01 Å². The van der Waals surface area contributed by atoms with Crippen LogP contribution in [0.2, 0.25) is 0 Å². The number of nitrogens with one attached hydrogen (secondary N) is 1. The molecule has 0 saturated carbocycles. The van der Waals surface area contributed by atoms with Crippen LogP contribution in [0.25, 0.3) is 0 Å². The van der Waals surface area contributed by atoms with Crippen LogP contribution in [-0.4, -0.2) is 40.6 Å². The predicted octanol–water partition coefficient (Wildman–Crippen LogP) is 2.12. The van der Waals surface area contributed by atoms with Crippen molar-refractivity contribution in [1.29, 1.82) is 0 Å². The smallest absolute Gasteiger partial charge is 0.0940 e. The molecule has 0 bridgehead atoms. The topological polar surface area (TPSA) is 24.9 Å². The second-order valence-corrected chi connectivity index (χ2v) is 6.99. The van der Waals surface area contributed by atoms with Gasteiger partial charge in [-0.05, 0) is 7.05 Å². The van der Waals surface area contributed by atoms with Crippen LogP contribution < -0.4 is 5.32 Å². The summed E-state index contributed by atoms with van der Waals surface area (Å²) in [6.45, 7) is 0. The highest BCUT2D eigenvalue weighted by Gasteiger charge is 2.24. The number of likely N-dealkylation sites (N-methyl/N-ethyl adjacent to an activating group) is 1. The summed E-state index contributed by atoms with van der Waals surface area (Å²) in [5, 5.41) is 7.51. The molecule has 2 heterocycles. The summed E-state index contributed by atoms with van der Waals surface area (Å²) in [7, 11) is 2.07. The summed E-state index contributed by atoms with van der Waals surface area (Å²) in [4.78, 5) is 4.36. The molecule has 5 heteroatoms. The molecule has 1 saturated heterocycles. The number of rotatable bonds is 4. The Labute approximate surface area is 104 Å². The zero-order valence-corrected chi connectivity index (χ0v) is 11.3. The van der Waals surface area contributed by atoms with Crippen molar-refractivity contribution in [2.45, 2.75) is 17.7 Å². The molecule has 1 aliphatic rings. The number of aromatic nitrogens is 1. The van der Waals surface area contributed by atoms with Gasteiger partial charge in [-0.25, -0.2) is 4.98 Å². The number of hydrogen-bond acceptors (Lipinski definition) is 5. The number of thiazole rings is 1. The van der Waals surface area contributed by atoms with Crippen LogP contribution in [0, 0.1) is 0 Å². The van der Waals surface area contributed by atoms with Crippen molar-refractivity contribution in [1.82, 2.24) is 10.3 Å². The molecular weight excluding hydrogens is 244 g/mol. The molecule has 0 spiro atoms. The van der Waals surface area contributed by atoms with Crippen molar-refractivity contribution in [3.63, 3.8) is 0 Å². The molecule has 0 amide bonds. The zero-order chi connectivity index (χ0) is 10.5. The minimum absolute atomic E-state index is 0.578. The highest BCUT2D eigenvalue weighted by atomic mass is 32.2. The lowest BCUT2D eigenvalue weighted by molar-refractivity contribution is 0.556. The van der Waals surface area contributed by atoms with Crippen LogP contribution in [0.1, 0.15) is 5.01 Å². The maximum Gasteiger partial charge on any atom is 0.0940 e. The van der Waals surface area contributed by atoms with Crippen LogP contribution in [0.4, 0.5) is 0 Å². The first-order valence-electron chi connectivity index (χ1n) is 5.15. The predicted molar refractivity (Wildman–Crippen MR) is 72.2 cm³/mol. The third-order valence-electron chi connectivity index (χ3n) is 2.54. The Kier molecular flexibility index (Phi) is 4.81. The first kappa shape index (κ1) is 11.8. The maximum absolute atomic E-state index is 4.36. The summed E-state index contributed by atoms with van der Waals surface area (Å²) < 4.78 is 0. The van der Waals surface area contributed by atoms with Gasteiger partial charge < -0.3 is 5.32 Å². The molecule has 2 rings (SSSR count). The molecule has 2 unspecified atom stereocenters. The standard InChI is InChI=1S/C10H16N2S3/c1-11-8(6-10-12-2-3-15-10)9-7-13-4-5-14-9/h2-3,8-9,11H,4-7H2,1H3.